The highest BCUT2D eigenvalue weighted by molar-refractivity contribution is 5.73. The molecule has 2 heterocycles. The number of nitrogens with zero attached hydrogens (tertiary/aromatic N) is 1. The molecule has 2 rings (SSSR count). The highest BCUT2D eigenvalue weighted by atomic mass is 16.2. The summed E-state index contributed by atoms with van der Waals surface area (Å²) in [5, 5.41) is 0. The van der Waals surface area contributed by atoms with E-state index in [0.717, 1.165) is 25.7 Å². The molecule has 2 amide bonds. The van der Waals surface area contributed by atoms with E-state index >= 15 is 0 Å². The first-order valence-electron chi connectivity index (χ1n) is 4.52. The van der Waals surface area contributed by atoms with Crippen LogP contribution in [0.25, 0.3) is 0 Å². The van der Waals surface area contributed by atoms with Gasteiger partial charge in [0.2, 0.25) is 0 Å². The fourth-order valence-electron chi connectivity index (χ4n) is 2.58. The second-order valence-corrected chi connectivity index (χ2v) is 3.86. The standard InChI is InChI=1S/C8H15N3O/c9-5-3-6-1-2-7(4-5)11(6)8(10)12/h5-7H,1-4,9H2,(H2,10,12). The van der Waals surface area contributed by atoms with Crippen LogP contribution in [0.2, 0.25) is 0 Å². The number of hydrogen-bond donors (Lipinski definition) is 2. The van der Waals surface area contributed by atoms with E-state index in [9.17, 15) is 4.79 Å². The predicted octanol–water partition coefficient (Wildman–Crippen LogP) is 0.0192. The van der Waals surface area contributed by atoms with Gasteiger partial charge >= 0.3 is 6.03 Å². The van der Waals surface area contributed by atoms with Gasteiger partial charge in [-0.15, -0.1) is 0 Å². The Bertz CT molecular complexity index is 192. The maximum Gasteiger partial charge on any atom is 0.315 e. The smallest absolute Gasteiger partial charge is 0.315 e. The van der Waals surface area contributed by atoms with Crippen molar-refractivity contribution in [2.75, 3.05) is 0 Å². The van der Waals surface area contributed by atoms with Crippen LogP contribution in [0.5, 0.6) is 0 Å². The third kappa shape index (κ3) is 1.06. The van der Waals surface area contributed by atoms with Crippen molar-refractivity contribution >= 4 is 6.03 Å². The lowest BCUT2D eigenvalue weighted by Crippen LogP contribution is -2.52. The van der Waals surface area contributed by atoms with Crippen LogP contribution >= 0.6 is 0 Å². The highest BCUT2D eigenvalue weighted by Gasteiger charge is 2.41. The van der Waals surface area contributed by atoms with Gasteiger partial charge in [0.15, 0.2) is 0 Å². The summed E-state index contributed by atoms with van der Waals surface area (Å²) in [7, 11) is 0. The quantitative estimate of drug-likeness (QED) is 0.536. The number of piperidine rings is 1. The Labute approximate surface area is 71.9 Å². The zero-order valence-corrected chi connectivity index (χ0v) is 7.07. The van der Waals surface area contributed by atoms with Crippen molar-refractivity contribution in [2.24, 2.45) is 11.5 Å². The summed E-state index contributed by atoms with van der Waals surface area (Å²) in [6.45, 7) is 0. The fraction of sp³-hybridized carbons (Fsp3) is 0.875. The molecule has 68 valence electrons. The summed E-state index contributed by atoms with van der Waals surface area (Å²) in [6, 6.07) is 0.667. The first-order valence-corrected chi connectivity index (χ1v) is 4.52. The van der Waals surface area contributed by atoms with Crippen molar-refractivity contribution in [3.63, 3.8) is 0 Å². The van der Waals surface area contributed by atoms with Crippen LogP contribution in [0, 0.1) is 0 Å². The van der Waals surface area contributed by atoms with Crippen molar-refractivity contribution in [3.05, 3.63) is 0 Å². The van der Waals surface area contributed by atoms with Gasteiger partial charge in [-0.05, 0) is 25.7 Å². The van der Waals surface area contributed by atoms with Crippen LogP contribution < -0.4 is 11.5 Å². The van der Waals surface area contributed by atoms with E-state index < -0.39 is 0 Å². The number of urea groups is 1. The minimum Gasteiger partial charge on any atom is -0.351 e. The summed E-state index contributed by atoms with van der Waals surface area (Å²) < 4.78 is 0. The molecular weight excluding hydrogens is 154 g/mol. The number of hydrogen-bond acceptors (Lipinski definition) is 2. The Kier molecular flexibility index (Phi) is 1.72. The topological polar surface area (TPSA) is 72.4 Å². The average molecular weight is 169 g/mol. The molecule has 0 radical (unpaired) electrons. The van der Waals surface area contributed by atoms with Crippen LogP contribution in [0.15, 0.2) is 0 Å². The number of rotatable bonds is 0. The molecule has 4 nitrogen and oxygen atoms in total. The molecule has 2 bridgehead atoms. The first kappa shape index (κ1) is 7.86. The van der Waals surface area contributed by atoms with Gasteiger partial charge < -0.3 is 16.4 Å². The molecule has 2 aliphatic rings. The normalized spacial score (nSPS) is 40.1. The van der Waals surface area contributed by atoms with Crippen LogP contribution in [0.3, 0.4) is 0 Å². The van der Waals surface area contributed by atoms with Gasteiger partial charge in [-0.2, -0.15) is 0 Å². The molecule has 2 fully saturated rings. The van der Waals surface area contributed by atoms with E-state index in [-0.39, 0.29) is 12.1 Å². The second-order valence-electron chi connectivity index (χ2n) is 3.86. The van der Waals surface area contributed by atoms with Crippen LogP contribution in [-0.2, 0) is 0 Å². The van der Waals surface area contributed by atoms with Gasteiger partial charge in [0.05, 0.1) is 0 Å². The van der Waals surface area contributed by atoms with Gasteiger partial charge in [-0.1, -0.05) is 0 Å². The molecule has 0 spiro atoms. The highest BCUT2D eigenvalue weighted by Crippen LogP contribution is 2.34. The zero-order valence-electron chi connectivity index (χ0n) is 7.07. The SMILES string of the molecule is NC(=O)N1C2CCC1CC(N)C2. The molecule has 0 aliphatic carbocycles. The van der Waals surface area contributed by atoms with E-state index in [4.69, 9.17) is 11.5 Å². The Morgan fingerprint density at radius 3 is 2.17 bits per heavy atom. The van der Waals surface area contributed by atoms with Crippen molar-refractivity contribution in [3.8, 4) is 0 Å². The van der Waals surface area contributed by atoms with E-state index in [0.29, 0.717) is 12.1 Å². The maximum atomic E-state index is 11.0. The van der Waals surface area contributed by atoms with E-state index in [1.807, 2.05) is 4.90 Å². The molecule has 2 unspecified atom stereocenters. The molecule has 2 aliphatic heterocycles. The Morgan fingerprint density at radius 1 is 1.25 bits per heavy atom. The number of carbonyl (C=O) groups is 1. The summed E-state index contributed by atoms with van der Waals surface area (Å²) in [5.74, 6) is 0. The summed E-state index contributed by atoms with van der Waals surface area (Å²) in [4.78, 5) is 12.9. The number of primary amides is 1. The lowest BCUT2D eigenvalue weighted by molar-refractivity contribution is 0.147. The summed E-state index contributed by atoms with van der Waals surface area (Å²) >= 11 is 0. The van der Waals surface area contributed by atoms with E-state index in [1.54, 1.807) is 0 Å². The van der Waals surface area contributed by atoms with E-state index in [2.05, 4.69) is 0 Å². The first-order chi connectivity index (χ1) is 5.68. The monoisotopic (exact) mass is 169 g/mol. The fourth-order valence-corrected chi connectivity index (χ4v) is 2.58. The Balaban J connectivity index is 2.14. The Hall–Kier alpha value is -0.770. The molecule has 12 heavy (non-hydrogen) atoms. The number of amides is 2. The van der Waals surface area contributed by atoms with E-state index in [1.165, 1.54) is 0 Å². The lowest BCUT2D eigenvalue weighted by Gasteiger charge is -2.36. The van der Waals surface area contributed by atoms with Gasteiger partial charge in [0.1, 0.15) is 0 Å². The third-order valence-electron chi connectivity index (χ3n) is 3.02. The molecule has 2 saturated heterocycles. The second kappa shape index (κ2) is 2.62. The third-order valence-corrected chi connectivity index (χ3v) is 3.02. The van der Waals surface area contributed by atoms with Crippen LogP contribution in [0.1, 0.15) is 25.7 Å². The Morgan fingerprint density at radius 2 is 1.75 bits per heavy atom. The van der Waals surface area contributed by atoms with Crippen molar-refractivity contribution < 1.29 is 4.79 Å². The largest absolute Gasteiger partial charge is 0.351 e. The maximum absolute atomic E-state index is 11.0. The molecule has 0 aromatic carbocycles. The number of carbonyl (C=O) groups excluding carboxylic acids is 1. The lowest BCUT2D eigenvalue weighted by atomic mass is 9.99. The number of nitrogens with two attached hydrogens (primary N) is 2. The molecule has 0 aromatic rings. The van der Waals surface area contributed by atoms with Gasteiger partial charge in [-0.25, -0.2) is 4.79 Å². The predicted molar refractivity (Wildman–Crippen MR) is 45.4 cm³/mol. The molecule has 2 atom stereocenters. The zero-order chi connectivity index (χ0) is 8.72. The molecule has 0 aromatic heterocycles. The van der Waals surface area contributed by atoms with Crippen molar-refractivity contribution in [2.45, 2.75) is 43.8 Å². The van der Waals surface area contributed by atoms with Crippen molar-refractivity contribution in [1.29, 1.82) is 0 Å². The van der Waals surface area contributed by atoms with Gasteiger partial charge in [0.25, 0.3) is 0 Å². The minimum absolute atomic E-state index is 0.269. The average Bonchev–Trinajstić information content (AvgIpc) is 2.24. The molecule has 4 heteroatoms. The van der Waals surface area contributed by atoms with Crippen LogP contribution in [-0.4, -0.2) is 29.1 Å². The summed E-state index contributed by atoms with van der Waals surface area (Å²) in [5.41, 5.74) is 11.1. The molecule has 0 saturated carbocycles. The minimum atomic E-state index is -0.269. The molecule has 4 N–H and O–H groups in total. The summed E-state index contributed by atoms with van der Waals surface area (Å²) in [6.07, 6.45) is 4.03. The van der Waals surface area contributed by atoms with Crippen LogP contribution in [0.4, 0.5) is 4.79 Å². The number of fused-ring (bicyclic) bond motifs is 2. The van der Waals surface area contributed by atoms with Gasteiger partial charge in [0, 0.05) is 18.1 Å². The van der Waals surface area contributed by atoms with Crippen molar-refractivity contribution in [1.82, 2.24) is 4.90 Å². The van der Waals surface area contributed by atoms with Gasteiger partial charge in [-0.3, -0.25) is 0 Å². The molecular formula is C8H15N3O.